The van der Waals surface area contributed by atoms with E-state index in [9.17, 15) is 0 Å². The fourth-order valence-corrected chi connectivity index (χ4v) is 4.56. The minimum absolute atomic E-state index is 0.225. The van der Waals surface area contributed by atoms with Crippen LogP contribution >= 0.6 is 0 Å². The monoisotopic (exact) mass is 341 g/mol. The summed E-state index contributed by atoms with van der Waals surface area (Å²) in [5, 5.41) is 1.57. The van der Waals surface area contributed by atoms with Crippen LogP contribution in [0.25, 0.3) is 10.9 Å². The number of benzene rings is 1. The second kappa shape index (κ2) is 6.11. The van der Waals surface area contributed by atoms with Crippen LogP contribution in [0.3, 0.4) is 0 Å². The van der Waals surface area contributed by atoms with Crippen molar-refractivity contribution >= 4 is 19.2 Å². The molecule has 0 saturated carbocycles. The molecule has 1 aliphatic rings. The molecule has 2 nitrogen and oxygen atoms in total. The third-order valence-electron chi connectivity index (χ3n) is 5.95. The number of para-hydroxylation sites is 1. The number of H-pyrrole nitrogens is 1. The number of aromatic nitrogens is 1. The molecule has 0 bridgehead atoms. The lowest BCUT2D eigenvalue weighted by molar-refractivity contribution is 0.323. The topological polar surface area (TPSA) is 25.0 Å². The molecule has 24 heavy (non-hydrogen) atoms. The highest BCUT2D eigenvalue weighted by molar-refractivity contribution is 6.74. The van der Waals surface area contributed by atoms with Crippen LogP contribution in [0.2, 0.25) is 18.1 Å². The first-order valence-corrected chi connectivity index (χ1v) is 12.1. The van der Waals surface area contributed by atoms with Crippen molar-refractivity contribution in [2.24, 2.45) is 0 Å². The van der Waals surface area contributed by atoms with E-state index in [2.05, 4.69) is 76.2 Å². The van der Waals surface area contributed by atoms with Crippen molar-refractivity contribution in [3.8, 4) is 0 Å². The molecule has 1 unspecified atom stereocenters. The van der Waals surface area contributed by atoms with Crippen LogP contribution in [-0.2, 0) is 4.43 Å². The van der Waals surface area contributed by atoms with Crippen LogP contribution < -0.4 is 0 Å². The Kier molecular flexibility index (Phi) is 4.41. The van der Waals surface area contributed by atoms with E-state index >= 15 is 0 Å². The molecule has 0 amide bonds. The summed E-state index contributed by atoms with van der Waals surface area (Å²) in [5.41, 5.74) is 4.07. The van der Waals surface area contributed by atoms with Gasteiger partial charge in [0.1, 0.15) is 0 Å². The second-order valence-corrected chi connectivity index (χ2v) is 13.5. The van der Waals surface area contributed by atoms with Gasteiger partial charge in [-0.1, -0.05) is 39.0 Å². The molecular weight excluding hydrogens is 310 g/mol. The van der Waals surface area contributed by atoms with E-state index < -0.39 is 8.32 Å². The molecule has 0 fully saturated rings. The Hall–Kier alpha value is -1.48. The van der Waals surface area contributed by atoms with E-state index in [-0.39, 0.29) is 5.04 Å². The van der Waals surface area contributed by atoms with Gasteiger partial charge in [-0.3, -0.25) is 0 Å². The van der Waals surface area contributed by atoms with E-state index in [4.69, 9.17) is 4.43 Å². The first kappa shape index (κ1) is 17.3. The van der Waals surface area contributed by atoms with Crippen molar-refractivity contribution in [2.75, 3.05) is 0 Å². The molecule has 0 aliphatic heterocycles. The molecule has 0 saturated heterocycles. The summed E-state index contributed by atoms with van der Waals surface area (Å²) in [6, 6.07) is 8.62. The van der Waals surface area contributed by atoms with Crippen LogP contribution in [-0.4, -0.2) is 13.3 Å². The summed E-state index contributed by atoms with van der Waals surface area (Å²) in [4.78, 5) is 3.45. The van der Waals surface area contributed by atoms with E-state index in [1.807, 2.05) is 0 Å². The smallest absolute Gasteiger partial charge is 0.250 e. The Labute approximate surface area is 147 Å². The Balaban J connectivity index is 2.02. The molecule has 1 aromatic carbocycles. The second-order valence-electron chi connectivity index (χ2n) is 8.74. The number of allylic oxidation sites excluding steroid dienone is 2. The van der Waals surface area contributed by atoms with Gasteiger partial charge in [-0.25, -0.2) is 0 Å². The van der Waals surface area contributed by atoms with Gasteiger partial charge in [0, 0.05) is 23.0 Å². The SMILES string of the molecule is CC1=C(O[Si](C)(C)C(C)(C)C)C(c2c[nH]c3ccccc23)CCC1. The maximum absolute atomic E-state index is 6.85. The fraction of sp³-hybridized carbons (Fsp3) is 0.524. The largest absolute Gasteiger partial charge is 0.546 e. The highest BCUT2D eigenvalue weighted by Crippen LogP contribution is 2.45. The Morgan fingerprint density at radius 1 is 1.17 bits per heavy atom. The quantitative estimate of drug-likeness (QED) is 0.615. The molecule has 1 N–H and O–H groups in total. The number of hydrogen-bond acceptors (Lipinski definition) is 1. The third-order valence-corrected chi connectivity index (χ3v) is 10.3. The van der Waals surface area contributed by atoms with Gasteiger partial charge in [-0.15, -0.1) is 0 Å². The Morgan fingerprint density at radius 2 is 1.88 bits per heavy atom. The van der Waals surface area contributed by atoms with Crippen molar-refractivity contribution in [3.05, 3.63) is 47.4 Å². The van der Waals surface area contributed by atoms with Crippen LogP contribution in [0, 0.1) is 0 Å². The van der Waals surface area contributed by atoms with Crippen LogP contribution in [0.5, 0.6) is 0 Å². The molecular formula is C21H31NOSi. The number of rotatable bonds is 3. The van der Waals surface area contributed by atoms with Gasteiger partial charge in [0.2, 0.25) is 8.32 Å². The molecule has 1 atom stereocenters. The van der Waals surface area contributed by atoms with Gasteiger partial charge in [0.15, 0.2) is 0 Å². The van der Waals surface area contributed by atoms with Crippen LogP contribution in [0.4, 0.5) is 0 Å². The summed E-state index contributed by atoms with van der Waals surface area (Å²) in [5.74, 6) is 1.65. The molecule has 1 heterocycles. The lowest BCUT2D eigenvalue weighted by atomic mass is 9.84. The third kappa shape index (κ3) is 3.06. The van der Waals surface area contributed by atoms with Crippen molar-refractivity contribution < 1.29 is 4.43 Å². The van der Waals surface area contributed by atoms with Crippen molar-refractivity contribution in [1.29, 1.82) is 0 Å². The average molecular weight is 342 g/mol. The molecule has 130 valence electrons. The van der Waals surface area contributed by atoms with E-state index in [0.29, 0.717) is 5.92 Å². The number of aromatic amines is 1. The van der Waals surface area contributed by atoms with Gasteiger partial charge in [0.05, 0.1) is 5.76 Å². The molecule has 3 rings (SSSR count). The standard InChI is InChI=1S/C21H31NOSi/c1-15-10-9-12-17(20(15)23-24(5,6)21(2,3)4)18-14-22-19-13-8-7-11-16(18)19/h7-8,11,13-14,17,22H,9-10,12H2,1-6H3. The van der Waals surface area contributed by atoms with Gasteiger partial charge in [0.25, 0.3) is 0 Å². The van der Waals surface area contributed by atoms with Gasteiger partial charge >= 0.3 is 0 Å². The van der Waals surface area contributed by atoms with Crippen molar-refractivity contribution in [2.45, 2.75) is 71.0 Å². The molecule has 0 radical (unpaired) electrons. The minimum atomic E-state index is -1.82. The number of nitrogens with one attached hydrogen (secondary N) is 1. The predicted molar refractivity (Wildman–Crippen MR) is 106 cm³/mol. The number of hydrogen-bond donors (Lipinski definition) is 1. The first-order chi connectivity index (χ1) is 11.2. The molecule has 3 heteroatoms. The first-order valence-electron chi connectivity index (χ1n) is 9.15. The summed E-state index contributed by atoms with van der Waals surface area (Å²) < 4.78 is 6.85. The highest BCUT2D eigenvalue weighted by atomic mass is 28.4. The van der Waals surface area contributed by atoms with E-state index in [1.54, 1.807) is 0 Å². The summed E-state index contributed by atoms with van der Waals surface area (Å²) in [6.45, 7) is 13.9. The zero-order chi connectivity index (χ0) is 17.5. The molecule has 0 spiro atoms. The maximum atomic E-state index is 6.85. The Morgan fingerprint density at radius 3 is 2.58 bits per heavy atom. The zero-order valence-electron chi connectivity index (χ0n) is 16.0. The summed E-state index contributed by atoms with van der Waals surface area (Å²) in [6.07, 6.45) is 5.80. The minimum Gasteiger partial charge on any atom is -0.546 e. The van der Waals surface area contributed by atoms with E-state index in [0.717, 1.165) is 0 Å². The molecule has 1 aromatic heterocycles. The van der Waals surface area contributed by atoms with Gasteiger partial charge in [-0.05, 0) is 61.5 Å². The van der Waals surface area contributed by atoms with Gasteiger partial charge in [-0.2, -0.15) is 0 Å². The lowest BCUT2D eigenvalue weighted by Gasteiger charge is -2.41. The average Bonchev–Trinajstić information content (AvgIpc) is 2.92. The maximum Gasteiger partial charge on any atom is 0.250 e. The van der Waals surface area contributed by atoms with E-state index in [1.165, 1.54) is 47.1 Å². The normalized spacial score (nSPS) is 19.8. The summed E-state index contributed by atoms with van der Waals surface area (Å²) in [7, 11) is -1.82. The zero-order valence-corrected chi connectivity index (χ0v) is 17.0. The summed E-state index contributed by atoms with van der Waals surface area (Å²) >= 11 is 0. The van der Waals surface area contributed by atoms with Crippen molar-refractivity contribution in [1.82, 2.24) is 4.98 Å². The lowest BCUT2D eigenvalue weighted by Crippen LogP contribution is -2.41. The predicted octanol–water partition coefficient (Wildman–Crippen LogP) is 6.73. The van der Waals surface area contributed by atoms with Crippen LogP contribution in [0.1, 0.15) is 58.4 Å². The molecule has 2 aromatic rings. The Bertz CT molecular complexity index is 763. The fourth-order valence-electron chi connectivity index (χ4n) is 3.39. The van der Waals surface area contributed by atoms with Crippen molar-refractivity contribution in [3.63, 3.8) is 0 Å². The number of fused-ring (bicyclic) bond motifs is 1. The highest BCUT2D eigenvalue weighted by Gasteiger charge is 2.41. The molecule has 1 aliphatic carbocycles. The van der Waals surface area contributed by atoms with Gasteiger partial charge < -0.3 is 9.41 Å². The van der Waals surface area contributed by atoms with Crippen LogP contribution in [0.15, 0.2) is 41.8 Å².